The molecule has 5 rings (SSSR count). The fourth-order valence-electron chi connectivity index (χ4n) is 3.74. The Morgan fingerprint density at radius 3 is 2.70 bits per heavy atom. The predicted octanol–water partition coefficient (Wildman–Crippen LogP) is 3.82. The average Bonchev–Trinajstić information content (AvgIpc) is 3.31. The van der Waals surface area contributed by atoms with Crippen LogP contribution in [0.25, 0.3) is 0 Å². The Morgan fingerprint density at radius 2 is 1.93 bits per heavy atom. The summed E-state index contributed by atoms with van der Waals surface area (Å²) in [5, 5.41) is 26.0. The number of ketones is 1. The third-order valence-electron chi connectivity index (χ3n) is 5.01. The van der Waals surface area contributed by atoms with Crippen molar-refractivity contribution < 1.29 is 14.5 Å². The maximum Gasteiger partial charge on any atom is 0.219 e. The average molecular weight is 380 g/mol. The molecular formula is C19H16N4O3S. The number of allylic oxidation sites excluding steroid dienone is 1. The number of thiophene rings is 1. The van der Waals surface area contributed by atoms with Gasteiger partial charge in [-0.1, -0.05) is 18.2 Å². The highest BCUT2D eigenvalue weighted by Gasteiger charge is 2.37. The minimum atomic E-state index is -0.391. The number of nitrogens with zero attached hydrogens (tertiary/aromatic N) is 2. The van der Waals surface area contributed by atoms with Gasteiger partial charge in [0.25, 0.3) is 0 Å². The van der Waals surface area contributed by atoms with E-state index >= 15 is 0 Å². The molecule has 0 saturated carbocycles. The highest BCUT2D eigenvalue weighted by Crippen LogP contribution is 2.44. The van der Waals surface area contributed by atoms with Crippen LogP contribution in [-0.2, 0) is 4.79 Å². The summed E-state index contributed by atoms with van der Waals surface area (Å²) in [6, 6.07) is 10.5. The molecule has 2 atom stereocenters. The molecule has 0 bridgehead atoms. The molecule has 1 aliphatic heterocycles. The van der Waals surface area contributed by atoms with Crippen LogP contribution < -0.4 is 10.6 Å². The molecule has 1 aliphatic carbocycles. The number of rotatable bonds is 2. The zero-order chi connectivity index (χ0) is 18.4. The number of anilines is 2. The second-order valence-electron chi connectivity index (χ2n) is 6.69. The second kappa shape index (κ2) is 6.24. The lowest BCUT2D eigenvalue weighted by atomic mass is 9.81. The first kappa shape index (κ1) is 16.1. The van der Waals surface area contributed by atoms with Crippen LogP contribution in [0.3, 0.4) is 0 Å². The van der Waals surface area contributed by atoms with Crippen LogP contribution in [0.5, 0.6) is 5.75 Å². The Hall–Kier alpha value is -3.13. The summed E-state index contributed by atoms with van der Waals surface area (Å²) in [4.78, 5) is 14.4. The number of aromatic hydroxyl groups is 1. The van der Waals surface area contributed by atoms with Crippen molar-refractivity contribution >= 4 is 28.8 Å². The van der Waals surface area contributed by atoms with E-state index in [2.05, 4.69) is 27.0 Å². The smallest absolute Gasteiger partial charge is 0.219 e. The Balaban J connectivity index is 1.61. The van der Waals surface area contributed by atoms with E-state index in [-0.39, 0.29) is 17.5 Å². The lowest BCUT2D eigenvalue weighted by Crippen LogP contribution is -2.26. The zero-order valence-electron chi connectivity index (χ0n) is 14.2. The SMILES string of the molecule is O=C1C[C@@H](c2cccs2)CC2=C1[C@@H](c1ccc(O)cc1)Nc1nonc1N2. The number of carbonyl (C=O) groups excluding carboxylic acids is 1. The lowest BCUT2D eigenvalue weighted by molar-refractivity contribution is -0.116. The summed E-state index contributed by atoms with van der Waals surface area (Å²) in [6.07, 6.45) is 1.18. The lowest BCUT2D eigenvalue weighted by Gasteiger charge is -2.29. The van der Waals surface area contributed by atoms with Gasteiger partial charge in [-0.15, -0.1) is 11.3 Å². The molecule has 3 heterocycles. The monoisotopic (exact) mass is 380 g/mol. The second-order valence-corrected chi connectivity index (χ2v) is 7.67. The summed E-state index contributed by atoms with van der Waals surface area (Å²) < 4.78 is 4.86. The van der Waals surface area contributed by atoms with Crippen LogP contribution in [0.15, 0.2) is 57.7 Å². The maximum absolute atomic E-state index is 13.2. The molecule has 0 spiro atoms. The summed E-state index contributed by atoms with van der Waals surface area (Å²) in [5.74, 6) is 1.35. The Labute approximate surface area is 158 Å². The van der Waals surface area contributed by atoms with Gasteiger partial charge in [0.05, 0.1) is 6.04 Å². The van der Waals surface area contributed by atoms with Crippen LogP contribution in [-0.4, -0.2) is 21.2 Å². The van der Waals surface area contributed by atoms with Crippen LogP contribution in [0.1, 0.15) is 35.2 Å². The Bertz CT molecular complexity index is 1020. The van der Waals surface area contributed by atoms with E-state index in [0.29, 0.717) is 30.1 Å². The van der Waals surface area contributed by atoms with Crippen LogP contribution >= 0.6 is 11.3 Å². The topological polar surface area (TPSA) is 100 Å². The van der Waals surface area contributed by atoms with Crippen molar-refractivity contribution in [1.82, 2.24) is 10.3 Å². The van der Waals surface area contributed by atoms with Crippen molar-refractivity contribution in [3.63, 3.8) is 0 Å². The molecule has 0 unspecified atom stereocenters. The van der Waals surface area contributed by atoms with Crippen LogP contribution in [0, 0.1) is 0 Å². The van der Waals surface area contributed by atoms with Gasteiger partial charge in [-0.3, -0.25) is 4.79 Å². The minimum Gasteiger partial charge on any atom is -0.508 e. The highest BCUT2D eigenvalue weighted by atomic mass is 32.1. The molecule has 2 aliphatic rings. The first-order chi connectivity index (χ1) is 13.2. The normalized spacial score (nSPS) is 21.7. The van der Waals surface area contributed by atoms with E-state index in [1.165, 1.54) is 4.88 Å². The van der Waals surface area contributed by atoms with Gasteiger partial charge in [0.1, 0.15) is 5.75 Å². The number of Topliss-reactive ketones (excluding diaryl/α,β-unsaturated/α-hetero) is 1. The van der Waals surface area contributed by atoms with Gasteiger partial charge in [-0.2, -0.15) is 0 Å². The van der Waals surface area contributed by atoms with Crippen molar-refractivity contribution in [1.29, 1.82) is 0 Å². The summed E-state index contributed by atoms with van der Waals surface area (Å²) in [7, 11) is 0. The molecule has 0 fully saturated rings. The van der Waals surface area contributed by atoms with Crippen LogP contribution in [0.4, 0.5) is 11.6 Å². The molecule has 3 aromatic rings. The van der Waals surface area contributed by atoms with Crippen molar-refractivity contribution in [3.05, 3.63) is 63.5 Å². The number of phenols is 1. The van der Waals surface area contributed by atoms with Gasteiger partial charge in [0, 0.05) is 28.5 Å². The van der Waals surface area contributed by atoms with E-state index in [1.807, 2.05) is 11.4 Å². The number of carbonyl (C=O) groups is 1. The van der Waals surface area contributed by atoms with Gasteiger partial charge in [-0.05, 0) is 45.9 Å². The Morgan fingerprint density at radius 1 is 1.11 bits per heavy atom. The van der Waals surface area contributed by atoms with Gasteiger partial charge in [0.15, 0.2) is 5.78 Å². The van der Waals surface area contributed by atoms with Crippen LogP contribution in [0.2, 0.25) is 0 Å². The molecule has 1 aromatic carbocycles. The highest BCUT2D eigenvalue weighted by molar-refractivity contribution is 7.10. The van der Waals surface area contributed by atoms with Crippen molar-refractivity contribution in [2.24, 2.45) is 0 Å². The largest absolute Gasteiger partial charge is 0.508 e. The summed E-state index contributed by atoms with van der Waals surface area (Å²) in [5.41, 5.74) is 2.39. The molecule has 8 heteroatoms. The predicted molar refractivity (Wildman–Crippen MR) is 101 cm³/mol. The first-order valence-corrected chi connectivity index (χ1v) is 9.51. The van der Waals surface area contributed by atoms with Crippen molar-refractivity contribution in [2.45, 2.75) is 24.8 Å². The Kier molecular flexibility index (Phi) is 3.71. The standard InChI is InChI=1S/C19H16N4O3S/c24-12-5-3-10(4-6-12)17-16-13(20-18-19(21-17)23-26-22-18)8-11(9-14(16)25)15-2-1-7-27-15/h1-7,11,17,24H,8-9H2,(H,20,22)(H,21,23)/t11-,17+/m0/s1. The van der Waals surface area contributed by atoms with Gasteiger partial charge in [0.2, 0.25) is 11.6 Å². The molecule has 136 valence electrons. The molecule has 0 radical (unpaired) electrons. The quantitative estimate of drug-likeness (QED) is 0.621. The number of aromatic nitrogens is 2. The van der Waals surface area contributed by atoms with E-state index in [4.69, 9.17) is 4.63 Å². The number of fused-ring (bicyclic) bond motifs is 1. The summed E-state index contributed by atoms with van der Waals surface area (Å²) >= 11 is 1.67. The molecule has 3 N–H and O–H groups in total. The van der Waals surface area contributed by atoms with Gasteiger partial charge in [-0.25, -0.2) is 4.63 Å². The fourth-order valence-corrected chi connectivity index (χ4v) is 4.57. The third-order valence-corrected chi connectivity index (χ3v) is 6.04. The number of hydrogen-bond donors (Lipinski definition) is 3. The molecule has 27 heavy (non-hydrogen) atoms. The van der Waals surface area contributed by atoms with E-state index in [9.17, 15) is 9.90 Å². The molecule has 0 amide bonds. The van der Waals surface area contributed by atoms with Crippen molar-refractivity contribution in [2.75, 3.05) is 10.6 Å². The number of hydrogen-bond acceptors (Lipinski definition) is 8. The molecule has 7 nitrogen and oxygen atoms in total. The third kappa shape index (κ3) is 2.78. The molecular weight excluding hydrogens is 364 g/mol. The fraction of sp³-hybridized carbons (Fsp3) is 0.211. The minimum absolute atomic E-state index is 0.0924. The zero-order valence-corrected chi connectivity index (χ0v) is 15.0. The molecule has 2 aromatic heterocycles. The molecule has 0 saturated heterocycles. The first-order valence-electron chi connectivity index (χ1n) is 8.63. The van der Waals surface area contributed by atoms with Gasteiger partial charge < -0.3 is 15.7 Å². The van der Waals surface area contributed by atoms with E-state index < -0.39 is 6.04 Å². The number of nitrogens with one attached hydrogen (secondary N) is 2. The van der Waals surface area contributed by atoms with Gasteiger partial charge >= 0.3 is 0 Å². The van der Waals surface area contributed by atoms with Crippen molar-refractivity contribution in [3.8, 4) is 5.75 Å². The number of benzene rings is 1. The summed E-state index contributed by atoms with van der Waals surface area (Å²) in [6.45, 7) is 0. The van der Waals surface area contributed by atoms with E-state index in [0.717, 1.165) is 11.3 Å². The maximum atomic E-state index is 13.2. The number of phenolic OH excluding ortho intramolecular Hbond substituents is 1. The van der Waals surface area contributed by atoms with E-state index in [1.54, 1.807) is 35.6 Å².